The van der Waals surface area contributed by atoms with Gasteiger partial charge in [0.2, 0.25) is 5.91 Å². The summed E-state index contributed by atoms with van der Waals surface area (Å²) in [5.41, 5.74) is 4.21. The molecule has 0 saturated heterocycles. The summed E-state index contributed by atoms with van der Waals surface area (Å²) in [5.74, 6) is -0.383. The van der Waals surface area contributed by atoms with E-state index in [1.807, 2.05) is 30.3 Å². The van der Waals surface area contributed by atoms with Crippen LogP contribution in [0.25, 0.3) is 11.3 Å². The van der Waals surface area contributed by atoms with Crippen LogP contribution in [0.5, 0.6) is 0 Å². The van der Waals surface area contributed by atoms with Gasteiger partial charge in [-0.15, -0.1) is 11.3 Å². The summed E-state index contributed by atoms with van der Waals surface area (Å²) < 4.78 is 18.6. The summed E-state index contributed by atoms with van der Waals surface area (Å²) in [4.78, 5) is 16.4. The zero-order valence-corrected chi connectivity index (χ0v) is 15.0. The fourth-order valence-electron chi connectivity index (χ4n) is 2.44. The molecule has 6 heteroatoms. The maximum atomic E-state index is 13.1. The van der Waals surface area contributed by atoms with Gasteiger partial charge in [0.1, 0.15) is 16.5 Å². The summed E-state index contributed by atoms with van der Waals surface area (Å²) in [7, 11) is 0. The zero-order valence-electron chi connectivity index (χ0n) is 14.2. The van der Waals surface area contributed by atoms with Crippen LogP contribution in [0.1, 0.15) is 18.4 Å². The van der Waals surface area contributed by atoms with E-state index in [0.29, 0.717) is 36.8 Å². The second kappa shape index (κ2) is 9.22. The van der Waals surface area contributed by atoms with Crippen molar-refractivity contribution in [2.45, 2.75) is 19.4 Å². The molecule has 0 unspecified atom stereocenters. The van der Waals surface area contributed by atoms with Crippen molar-refractivity contribution in [3.63, 3.8) is 0 Å². The Hall–Kier alpha value is -2.57. The SMILES string of the molecule is O=C(CCCOCc1ccccc1)Nc1scnc1-c1ccc(F)cc1. The lowest BCUT2D eigenvalue weighted by Crippen LogP contribution is -2.12. The van der Waals surface area contributed by atoms with Gasteiger partial charge in [-0.3, -0.25) is 4.79 Å². The molecule has 134 valence electrons. The predicted molar refractivity (Wildman–Crippen MR) is 101 cm³/mol. The molecule has 0 atom stereocenters. The van der Waals surface area contributed by atoms with Crippen LogP contribution in [0.2, 0.25) is 0 Å². The number of carbonyl (C=O) groups is 1. The van der Waals surface area contributed by atoms with Gasteiger partial charge in [-0.25, -0.2) is 9.37 Å². The number of thiazole rings is 1. The second-order valence-corrected chi connectivity index (χ2v) is 6.58. The van der Waals surface area contributed by atoms with E-state index in [9.17, 15) is 9.18 Å². The number of carbonyl (C=O) groups excluding carboxylic acids is 1. The number of hydrogen-bond donors (Lipinski definition) is 1. The number of rotatable bonds is 8. The Balaban J connectivity index is 1.44. The van der Waals surface area contributed by atoms with Crippen LogP contribution >= 0.6 is 11.3 Å². The third-order valence-electron chi connectivity index (χ3n) is 3.74. The van der Waals surface area contributed by atoms with E-state index in [-0.39, 0.29) is 11.7 Å². The molecule has 3 aromatic rings. The molecule has 0 aliphatic heterocycles. The Labute approximate surface area is 155 Å². The molecule has 26 heavy (non-hydrogen) atoms. The molecule has 1 heterocycles. The largest absolute Gasteiger partial charge is 0.377 e. The molecule has 0 bridgehead atoms. The maximum Gasteiger partial charge on any atom is 0.225 e. The minimum absolute atomic E-state index is 0.0825. The Kier molecular flexibility index (Phi) is 6.46. The Morgan fingerprint density at radius 3 is 2.65 bits per heavy atom. The molecule has 1 N–H and O–H groups in total. The molecule has 4 nitrogen and oxygen atoms in total. The molecule has 0 spiro atoms. The standard InChI is InChI=1S/C20H19FN2O2S/c21-17-10-8-16(9-11-17)19-20(26-14-22-19)23-18(24)7-4-12-25-13-15-5-2-1-3-6-15/h1-3,5-6,8-11,14H,4,7,12-13H2,(H,23,24). The quantitative estimate of drug-likeness (QED) is 0.575. The topological polar surface area (TPSA) is 51.2 Å². The summed E-state index contributed by atoms with van der Waals surface area (Å²) >= 11 is 1.35. The number of amides is 1. The van der Waals surface area contributed by atoms with Crippen LogP contribution in [0.15, 0.2) is 60.1 Å². The molecule has 0 aliphatic carbocycles. The highest BCUT2D eigenvalue weighted by atomic mass is 32.1. The molecule has 3 rings (SSSR count). The highest BCUT2D eigenvalue weighted by molar-refractivity contribution is 7.14. The van der Waals surface area contributed by atoms with Crippen molar-refractivity contribution >= 4 is 22.2 Å². The maximum absolute atomic E-state index is 13.1. The van der Waals surface area contributed by atoms with Crippen LogP contribution in [0.3, 0.4) is 0 Å². The lowest BCUT2D eigenvalue weighted by Gasteiger charge is -2.06. The van der Waals surface area contributed by atoms with Crippen LogP contribution in [-0.4, -0.2) is 17.5 Å². The van der Waals surface area contributed by atoms with Gasteiger partial charge < -0.3 is 10.1 Å². The number of hydrogen-bond acceptors (Lipinski definition) is 4. The van der Waals surface area contributed by atoms with Crippen LogP contribution in [-0.2, 0) is 16.1 Å². The van der Waals surface area contributed by atoms with Crippen molar-refractivity contribution in [2.24, 2.45) is 0 Å². The van der Waals surface area contributed by atoms with E-state index in [4.69, 9.17) is 4.74 Å². The summed E-state index contributed by atoms with van der Waals surface area (Å²) in [6.45, 7) is 1.07. The average Bonchev–Trinajstić information content (AvgIpc) is 3.11. The molecular weight excluding hydrogens is 351 g/mol. The Morgan fingerprint density at radius 2 is 1.88 bits per heavy atom. The third-order valence-corrected chi connectivity index (χ3v) is 4.48. The van der Waals surface area contributed by atoms with Crippen molar-refractivity contribution in [1.29, 1.82) is 0 Å². The second-order valence-electron chi connectivity index (χ2n) is 5.73. The molecule has 0 radical (unpaired) electrons. The zero-order chi connectivity index (χ0) is 18.2. The number of ether oxygens (including phenoxy) is 1. The van der Waals surface area contributed by atoms with Crippen molar-refractivity contribution in [3.8, 4) is 11.3 Å². The monoisotopic (exact) mass is 370 g/mol. The van der Waals surface area contributed by atoms with Gasteiger partial charge >= 0.3 is 0 Å². The third kappa shape index (κ3) is 5.21. The predicted octanol–water partition coefficient (Wildman–Crippen LogP) is 4.88. The lowest BCUT2D eigenvalue weighted by molar-refractivity contribution is -0.116. The number of anilines is 1. The first-order valence-electron chi connectivity index (χ1n) is 8.33. The van der Waals surface area contributed by atoms with Gasteiger partial charge in [0.25, 0.3) is 0 Å². The van der Waals surface area contributed by atoms with Gasteiger partial charge in [-0.05, 0) is 36.2 Å². The van der Waals surface area contributed by atoms with E-state index < -0.39 is 0 Å². The number of halogens is 1. The highest BCUT2D eigenvalue weighted by Gasteiger charge is 2.12. The fourth-order valence-corrected chi connectivity index (χ4v) is 3.15. The first-order valence-corrected chi connectivity index (χ1v) is 9.21. The highest BCUT2D eigenvalue weighted by Crippen LogP contribution is 2.30. The normalized spacial score (nSPS) is 10.7. The van der Waals surface area contributed by atoms with E-state index >= 15 is 0 Å². The van der Waals surface area contributed by atoms with E-state index in [1.54, 1.807) is 17.6 Å². The summed E-state index contributed by atoms with van der Waals surface area (Å²) in [6.07, 6.45) is 1.01. The molecular formula is C20H19FN2O2S. The molecule has 0 fully saturated rings. The number of nitrogens with one attached hydrogen (secondary N) is 1. The van der Waals surface area contributed by atoms with Crippen molar-refractivity contribution in [2.75, 3.05) is 11.9 Å². The van der Waals surface area contributed by atoms with Gasteiger partial charge in [0.15, 0.2) is 0 Å². The lowest BCUT2D eigenvalue weighted by atomic mass is 10.1. The van der Waals surface area contributed by atoms with Crippen molar-refractivity contribution < 1.29 is 13.9 Å². The van der Waals surface area contributed by atoms with Gasteiger partial charge in [0, 0.05) is 18.6 Å². The van der Waals surface area contributed by atoms with Crippen LogP contribution < -0.4 is 5.32 Å². The molecule has 2 aromatic carbocycles. The van der Waals surface area contributed by atoms with Crippen molar-refractivity contribution in [3.05, 3.63) is 71.5 Å². The summed E-state index contributed by atoms with van der Waals surface area (Å²) in [5, 5.41) is 3.55. The molecule has 1 aromatic heterocycles. The smallest absolute Gasteiger partial charge is 0.225 e. The van der Waals surface area contributed by atoms with Gasteiger partial charge in [-0.1, -0.05) is 30.3 Å². The van der Waals surface area contributed by atoms with Crippen molar-refractivity contribution in [1.82, 2.24) is 4.98 Å². The van der Waals surface area contributed by atoms with E-state index in [0.717, 1.165) is 11.1 Å². The molecule has 1 amide bonds. The fraction of sp³-hybridized carbons (Fsp3) is 0.200. The first kappa shape index (κ1) is 18.2. The van der Waals surface area contributed by atoms with Gasteiger partial charge in [0.05, 0.1) is 12.1 Å². The number of aromatic nitrogens is 1. The molecule has 0 aliphatic rings. The van der Waals surface area contributed by atoms with Gasteiger partial charge in [-0.2, -0.15) is 0 Å². The number of nitrogens with zero attached hydrogens (tertiary/aromatic N) is 1. The first-order chi connectivity index (χ1) is 12.7. The number of benzene rings is 2. The van der Waals surface area contributed by atoms with E-state index in [1.165, 1.54) is 23.5 Å². The van der Waals surface area contributed by atoms with E-state index in [2.05, 4.69) is 10.3 Å². The van der Waals surface area contributed by atoms with Crippen LogP contribution in [0, 0.1) is 5.82 Å². The Morgan fingerprint density at radius 1 is 1.12 bits per heavy atom. The summed E-state index contributed by atoms with van der Waals surface area (Å²) in [6, 6.07) is 16.0. The minimum Gasteiger partial charge on any atom is -0.377 e. The Bertz CT molecular complexity index is 835. The molecule has 0 saturated carbocycles. The minimum atomic E-state index is -0.301. The average molecular weight is 370 g/mol. The van der Waals surface area contributed by atoms with Crippen LogP contribution in [0.4, 0.5) is 9.39 Å².